The number of phenolic OH excluding ortho intramolecular Hbond substituents is 5. The maximum Gasteiger partial charge on any atom is 0.331 e. The number of esters is 2. The summed E-state index contributed by atoms with van der Waals surface area (Å²) in [6.07, 6.45) is -3.12. The molecule has 6 N–H and O–H groups in total. The number of phenols is 5. The minimum Gasteiger partial charge on any atom is -0.508 e. The second-order valence-electron chi connectivity index (χ2n) is 12.3. The fourth-order valence-electron chi connectivity index (χ4n) is 5.73. The summed E-state index contributed by atoms with van der Waals surface area (Å²) in [5.41, 5.74) is 0.0352. The van der Waals surface area contributed by atoms with E-state index in [0.29, 0.717) is 11.1 Å². The number of methoxy groups -OCH3 is 1. The highest BCUT2D eigenvalue weighted by molar-refractivity contribution is 5.89. The van der Waals surface area contributed by atoms with Crippen LogP contribution < -0.4 is 14.9 Å². The molecule has 0 aliphatic carbocycles. The highest BCUT2D eigenvalue weighted by Gasteiger charge is 2.49. The highest BCUT2D eigenvalue weighted by atomic mass is 16.7. The van der Waals surface area contributed by atoms with Crippen molar-refractivity contribution in [3.63, 3.8) is 0 Å². The summed E-state index contributed by atoms with van der Waals surface area (Å²) in [5.74, 6) is -3.83. The standard InChI is InChI=1S/C40H34O15/c1-20-36(53-31(46)16-7-22-5-14-27(44)29(17-22)50-2)35(49)39(54-32(47)15-6-21-3-10-24(41)11-4-21)40(51-20)55-38-34(48)33-28(45)18-26(43)19-30(33)52-37(38)23-8-12-25(42)13-9-23/h3-20,35-36,39-45,49H,1-2H3. The lowest BCUT2D eigenvalue weighted by Gasteiger charge is -2.41. The van der Waals surface area contributed by atoms with Gasteiger partial charge in [0.1, 0.15) is 40.1 Å². The van der Waals surface area contributed by atoms with Gasteiger partial charge in [-0.2, -0.15) is 0 Å². The number of hydrogen-bond donors (Lipinski definition) is 6. The van der Waals surface area contributed by atoms with Crippen molar-refractivity contribution in [2.75, 3.05) is 7.11 Å². The molecule has 1 aromatic heterocycles. The van der Waals surface area contributed by atoms with Gasteiger partial charge in [-0.15, -0.1) is 0 Å². The fraction of sp³-hybridized carbons (Fsp3) is 0.175. The van der Waals surface area contributed by atoms with Gasteiger partial charge in [0.25, 0.3) is 0 Å². The molecule has 6 rings (SSSR count). The monoisotopic (exact) mass is 754 g/mol. The van der Waals surface area contributed by atoms with Gasteiger partial charge < -0.3 is 58.7 Å². The van der Waals surface area contributed by atoms with Gasteiger partial charge >= 0.3 is 11.9 Å². The Kier molecular flexibility index (Phi) is 11.0. The quantitative estimate of drug-likeness (QED) is 0.0836. The number of hydrogen-bond acceptors (Lipinski definition) is 15. The summed E-state index contributed by atoms with van der Waals surface area (Å²) < 4.78 is 34.3. The Bertz CT molecular complexity index is 2330. The Morgan fingerprint density at radius 1 is 0.727 bits per heavy atom. The van der Waals surface area contributed by atoms with E-state index in [0.717, 1.165) is 24.3 Å². The first-order chi connectivity index (χ1) is 26.3. The average molecular weight is 755 g/mol. The Labute approximate surface area is 311 Å². The van der Waals surface area contributed by atoms with Gasteiger partial charge in [-0.3, -0.25) is 4.79 Å². The maximum atomic E-state index is 14.0. The van der Waals surface area contributed by atoms with E-state index in [1.54, 1.807) is 0 Å². The van der Waals surface area contributed by atoms with Gasteiger partial charge in [-0.25, -0.2) is 9.59 Å². The number of carbonyl (C=O) groups excluding carboxylic acids is 2. The van der Waals surface area contributed by atoms with Gasteiger partial charge in [0.2, 0.25) is 17.5 Å². The van der Waals surface area contributed by atoms with Crippen molar-refractivity contribution in [3.8, 4) is 51.6 Å². The van der Waals surface area contributed by atoms with Crippen molar-refractivity contribution in [1.82, 2.24) is 0 Å². The van der Waals surface area contributed by atoms with E-state index < -0.39 is 65.3 Å². The molecular formula is C40H34O15. The summed E-state index contributed by atoms with van der Waals surface area (Å²) in [4.78, 5) is 40.2. The third-order valence-corrected chi connectivity index (χ3v) is 8.46. The smallest absolute Gasteiger partial charge is 0.331 e. The first-order valence-electron chi connectivity index (χ1n) is 16.6. The van der Waals surface area contributed by atoms with E-state index >= 15 is 0 Å². The normalized spacial score (nSPS) is 19.7. The van der Waals surface area contributed by atoms with Crippen molar-refractivity contribution >= 4 is 35.1 Å². The minimum absolute atomic E-state index is 0.00417. The van der Waals surface area contributed by atoms with Gasteiger partial charge in [0.05, 0.1) is 13.2 Å². The Morgan fingerprint density at radius 3 is 1.98 bits per heavy atom. The van der Waals surface area contributed by atoms with Gasteiger partial charge in [-0.05, 0) is 78.7 Å². The molecule has 55 heavy (non-hydrogen) atoms. The maximum absolute atomic E-state index is 14.0. The van der Waals surface area contributed by atoms with Crippen molar-refractivity contribution in [2.45, 2.75) is 37.6 Å². The molecule has 0 amide bonds. The summed E-state index contributed by atoms with van der Waals surface area (Å²) in [6, 6.07) is 17.7. The number of aromatic hydroxyl groups is 5. The molecule has 0 spiro atoms. The molecule has 15 nitrogen and oxygen atoms in total. The van der Waals surface area contributed by atoms with Crippen molar-refractivity contribution < 1.29 is 68.3 Å². The van der Waals surface area contributed by atoms with Crippen LogP contribution in [0.3, 0.4) is 0 Å². The van der Waals surface area contributed by atoms with Crippen LogP contribution in [0.5, 0.6) is 40.2 Å². The lowest BCUT2D eigenvalue weighted by molar-refractivity contribution is -0.275. The number of benzene rings is 4. The molecule has 0 radical (unpaired) electrons. The molecule has 5 unspecified atom stereocenters. The number of rotatable bonds is 10. The summed E-state index contributed by atoms with van der Waals surface area (Å²) in [6.45, 7) is 1.44. The molecule has 1 saturated heterocycles. The van der Waals surface area contributed by atoms with E-state index in [-0.39, 0.29) is 45.3 Å². The van der Waals surface area contributed by atoms with Crippen molar-refractivity contribution in [2.24, 2.45) is 0 Å². The highest BCUT2D eigenvalue weighted by Crippen LogP contribution is 2.38. The average Bonchev–Trinajstić information content (AvgIpc) is 3.15. The molecule has 15 heteroatoms. The first-order valence-corrected chi connectivity index (χ1v) is 16.6. The number of fused-ring (bicyclic) bond motifs is 1. The topological polar surface area (TPSA) is 232 Å². The summed E-state index contributed by atoms with van der Waals surface area (Å²) >= 11 is 0. The van der Waals surface area contributed by atoms with Crippen LogP contribution in [0.4, 0.5) is 0 Å². The molecule has 4 aromatic carbocycles. The largest absolute Gasteiger partial charge is 0.508 e. The molecule has 0 saturated carbocycles. The number of aliphatic hydroxyl groups excluding tert-OH is 1. The van der Waals surface area contributed by atoms with E-state index in [9.17, 15) is 45.0 Å². The molecule has 1 aliphatic heterocycles. The predicted molar refractivity (Wildman–Crippen MR) is 194 cm³/mol. The zero-order chi connectivity index (χ0) is 39.4. The fourth-order valence-corrected chi connectivity index (χ4v) is 5.73. The van der Waals surface area contributed by atoms with Crippen LogP contribution in [-0.2, 0) is 23.8 Å². The molecule has 0 bridgehead atoms. The SMILES string of the molecule is COc1cc(C=CC(=O)OC2C(C)OC(Oc3c(-c4ccc(O)cc4)oc4cc(O)cc(O)c4c3=O)C(OC(=O)C=Cc3ccc(O)cc3)C2O)ccc1O. The third kappa shape index (κ3) is 8.48. The molecule has 2 heterocycles. The van der Waals surface area contributed by atoms with Crippen LogP contribution in [-0.4, -0.2) is 80.4 Å². The van der Waals surface area contributed by atoms with Crippen LogP contribution in [0, 0.1) is 0 Å². The molecule has 5 atom stereocenters. The summed E-state index contributed by atoms with van der Waals surface area (Å²) in [5, 5.41) is 61.3. The van der Waals surface area contributed by atoms with Gasteiger partial charge in [0.15, 0.2) is 29.5 Å². The number of carbonyl (C=O) groups is 2. The number of ether oxygens (including phenoxy) is 5. The van der Waals surface area contributed by atoms with Crippen molar-refractivity contribution in [1.29, 1.82) is 0 Å². The zero-order valence-electron chi connectivity index (χ0n) is 29.1. The first kappa shape index (κ1) is 37.8. The van der Waals surface area contributed by atoms with Crippen LogP contribution in [0.15, 0.2) is 100 Å². The van der Waals surface area contributed by atoms with Gasteiger partial charge in [-0.1, -0.05) is 18.2 Å². The lowest BCUT2D eigenvalue weighted by Crippen LogP contribution is -2.61. The Morgan fingerprint density at radius 2 is 1.33 bits per heavy atom. The summed E-state index contributed by atoms with van der Waals surface area (Å²) in [7, 11) is 1.36. The predicted octanol–water partition coefficient (Wildman–Crippen LogP) is 4.73. The van der Waals surface area contributed by atoms with Crippen LogP contribution >= 0.6 is 0 Å². The molecular weight excluding hydrogens is 720 g/mol. The van der Waals surface area contributed by atoms with Crippen LogP contribution in [0.1, 0.15) is 18.1 Å². The molecule has 1 fully saturated rings. The lowest BCUT2D eigenvalue weighted by atomic mass is 9.99. The van der Waals surface area contributed by atoms with Gasteiger partial charge in [0, 0.05) is 29.8 Å². The second kappa shape index (κ2) is 16.0. The molecule has 1 aliphatic rings. The van der Waals surface area contributed by atoms with E-state index in [1.807, 2.05) is 0 Å². The number of aliphatic hydroxyl groups is 1. The zero-order valence-corrected chi connectivity index (χ0v) is 29.1. The Balaban J connectivity index is 1.34. The second-order valence-corrected chi connectivity index (χ2v) is 12.3. The van der Waals surface area contributed by atoms with Crippen LogP contribution in [0.2, 0.25) is 0 Å². The van der Waals surface area contributed by atoms with Crippen molar-refractivity contribution in [3.05, 3.63) is 112 Å². The minimum atomic E-state index is -1.82. The van der Waals surface area contributed by atoms with E-state index in [4.69, 9.17) is 28.1 Å². The van der Waals surface area contributed by atoms with E-state index in [2.05, 4.69) is 0 Å². The van der Waals surface area contributed by atoms with E-state index in [1.165, 1.54) is 92.9 Å². The molecule has 284 valence electrons. The third-order valence-electron chi connectivity index (χ3n) is 8.46. The van der Waals surface area contributed by atoms with Crippen LogP contribution in [0.25, 0.3) is 34.4 Å². The Hall–Kier alpha value is -6.97. The molecule has 5 aromatic rings.